The minimum absolute atomic E-state index is 0.0999. The summed E-state index contributed by atoms with van der Waals surface area (Å²) in [5.41, 5.74) is -0.387. The van der Waals surface area contributed by atoms with E-state index < -0.39 is 24.5 Å². The number of halogens is 4. The minimum Gasteiger partial charge on any atom is -0.481 e. The summed E-state index contributed by atoms with van der Waals surface area (Å²) >= 11 is 5.45. The molecule has 0 saturated carbocycles. The van der Waals surface area contributed by atoms with E-state index in [9.17, 15) is 18.0 Å². The molecule has 1 N–H and O–H groups in total. The van der Waals surface area contributed by atoms with Crippen molar-refractivity contribution in [2.24, 2.45) is 0 Å². The lowest BCUT2D eigenvalue weighted by Gasteiger charge is -2.17. The summed E-state index contributed by atoms with van der Waals surface area (Å²) in [6.07, 6.45) is -5.72. The highest BCUT2D eigenvalue weighted by Gasteiger charge is 2.43. The number of carboxylic acid groups (broad SMARTS) is 1. The summed E-state index contributed by atoms with van der Waals surface area (Å²) in [6.45, 7) is 0. The van der Waals surface area contributed by atoms with Crippen molar-refractivity contribution in [1.29, 1.82) is 0 Å². The minimum atomic E-state index is -4.66. The van der Waals surface area contributed by atoms with Gasteiger partial charge in [-0.05, 0) is 12.1 Å². The van der Waals surface area contributed by atoms with Gasteiger partial charge in [-0.2, -0.15) is 13.2 Å². The van der Waals surface area contributed by atoms with Crippen LogP contribution in [0, 0.1) is 0 Å². The van der Waals surface area contributed by atoms with E-state index in [4.69, 9.17) is 16.7 Å². The van der Waals surface area contributed by atoms with Gasteiger partial charge in [0.15, 0.2) is 0 Å². The van der Waals surface area contributed by atoms with E-state index in [-0.39, 0.29) is 10.8 Å². The Kier molecular flexibility index (Phi) is 3.74. The highest BCUT2D eigenvalue weighted by Crippen LogP contribution is 2.36. The normalized spacial score (nSPS) is 13.5. The summed E-state index contributed by atoms with van der Waals surface area (Å²) in [7, 11) is 0. The van der Waals surface area contributed by atoms with Gasteiger partial charge in [0.1, 0.15) is 11.1 Å². The van der Waals surface area contributed by atoms with Crippen LogP contribution in [-0.4, -0.2) is 22.2 Å². The molecule has 7 heteroatoms. The molecule has 0 spiro atoms. The molecular weight excluding hydrogens is 247 g/mol. The lowest BCUT2D eigenvalue weighted by molar-refractivity contribution is -0.164. The molecule has 0 fully saturated rings. The SMILES string of the molecule is O=C(O)CC(c1cccc(Cl)n1)C(F)(F)F. The second kappa shape index (κ2) is 4.69. The zero-order valence-electron chi connectivity index (χ0n) is 7.83. The number of aliphatic carboxylic acids is 1. The van der Waals surface area contributed by atoms with E-state index in [1.54, 1.807) is 0 Å². The Labute approximate surface area is 93.9 Å². The molecule has 1 atom stereocenters. The summed E-state index contributed by atoms with van der Waals surface area (Å²) in [5, 5.41) is 8.32. The zero-order valence-corrected chi connectivity index (χ0v) is 8.59. The average Bonchev–Trinajstić information content (AvgIpc) is 2.12. The van der Waals surface area contributed by atoms with Crippen molar-refractivity contribution in [2.45, 2.75) is 18.5 Å². The quantitative estimate of drug-likeness (QED) is 0.843. The van der Waals surface area contributed by atoms with Crippen LogP contribution in [0.3, 0.4) is 0 Å². The molecule has 1 aromatic heterocycles. The second-order valence-electron chi connectivity index (χ2n) is 3.08. The lowest BCUT2D eigenvalue weighted by Crippen LogP contribution is -2.24. The van der Waals surface area contributed by atoms with Crippen LogP contribution in [0.5, 0.6) is 0 Å². The third kappa shape index (κ3) is 3.37. The van der Waals surface area contributed by atoms with E-state index >= 15 is 0 Å². The smallest absolute Gasteiger partial charge is 0.397 e. The third-order valence-electron chi connectivity index (χ3n) is 1.87. The van der Waals surface area contributed by atoms with Gasteiger partial charge in [-0.3, -0.25) is 4.79 Å². The largest absolute Gasteiger partial charge is 0.481 e. The summed E-state index contributed by atoms with van der Waals surface area (Å²) < 4.78 is 37.7. The molecule has 88 valence electrons. The van der Waals surface area contributed by atoms with E-state index in [0.717, 1.165) is 6.07 Å². The topological polar surface area (TPSA) is 50.2 Å². The molecule has 16 heavy (non-hydrogen) atoms. The number of nitrogens with zero attached hydrogens (tertiary/aromatic N) is 1. The molecule has 0 aliphatic carbocycles. The van der Waals surface area contributed by atoms with Crippen molar-refractivity contribution in [2.75, 3.05) is 0 Å². The summed E-state index contributed by atoms with van der Waals surface area (Å²) in [4.78, 5) is 13.8. The monoisotopic (exact) mass is 253 g/mol. The van der Waals surface area contributed by atoms with E-state index in [2.05, 4.69) is 4.98 Å². The van der Waals surface area contributed by atoms with Gasteiger partial charge in [-0.25, -0.2) is 4.98 Å². The standard InChI is InChI=1S/C9H7ClF3NO2/c10-7-3-1-2-6(14-7)5(4-8(15)16)9(11,12)13/h1-3,5H,4H2,(H,15,16). The third-order valence-corrected chi connectivity index (χ3v) is 2.08. The molecule has 3 nitrogen and oxygen atoms in total. The average molecular weight is 254 g/mol. The van der Waals surface area contributed by atoms with Crippen LogP contribution in [0.2, 0.25) is 5.15 Å². The highest BCUT2D eigenvalue weighted by molar-refractivity contribution is 6.29. The number of aromatic nitrogens is 1. The van der Waals surface area contributed by atoms with Gasteiger partial charge in [0.2, 0.25) is 0 Å². The first-order chi connectivity index (χ1) is 7.30. The molecule has 0 aromatic carbocycles. The Bertz CT molecular complexity index is 395. The molecule has 1 rings (SSSR count). The van der Waals surface area contributed by atoms with Crippen LogP contribution in [0.15, 0.2) is 18.2 Å². The van der Waals surface area contributed by atoms with Crippen LogP contribution >= 0.6 is 11.6 Å². The number of pyridine rings is 1. The molecule has 0 bridgehead atoms. The molecular formula is C9H7ClF3NO2. The Morgan fingerprint density at radius 3 is 2.56 bits per heavy atom. The summed E-state index contributed by atoms with van der Waals surface area (Å²) in [5.74, 6) is -3.67. The van der Waals surface area contributed by atoms with Crippen molar-refractivity contribution in [3.63, 3.8) is 0 Å². The van der Waals surface area contributed by atoms with E-state index in [0.29, 0.717) is 0 Å². The first kappa shape index (κ1) is 12.8. The first-order valence-corrected chi connectivity index (χ1v) is 4.59. The van der Waals surface area contributed by atoms with E-state index in [1.165, 1.54) is 12.1 Å². The maximum Gasteiger partial charge on any atom is 0.397 e. The number of carbonyl (C=O) groups is 1. The molecule has 0 aliphatic rings. The van der Waals surface area contributed by atoms with Gasteiger partial charge in [0.05, 0.1) is 12.1 Å². The van der Waals surface area contributed by atoms with Crippen LogP contribution in [-0.2, 0) is 4.79 Å². The fraction of sp³-hybridized carbons (Fsp3) is 0.333. The number of carboxylic acids is 1. The second-order valence-corrected chi connectivity index (χ2v) is 3.46. The fourth-order valence-electron chi connectivity index (χ4n) is 1.18. The molecule has 1 unspecified atom stereocenters. The van der Waals surface area contributed by atoms with Gasteiger partial charge in [-0.1, -0.05) is 17.7 Å². The predicted octanol–water partition coefficient (Wildman–Crippen LogP) is 2.86. The number of hydrogen-bond acceptors (Lipinski definition) is 2. The first-order valence-electron chi connectivity index (χ1n) is 4.21. The molecule has 1 aromatic rings. The number of hydrogen-bond donors (Lipinski definition) is 1. The van der Waals surface area contributed by atoms with Gasteiger partial charge in [-0.15, -0.1) is 0 Å². The van der Waals surface area contributed by atoms with Crippen LogP contribution in [0.25, 0.3) is 0 Å². The van der Waals surface area contributed by atoms with Crippen LogP contribution in [0.4, 0.5) is 13.2 Å². The van der Waals surface area contributed by atoms with Crippen LogP contribution in [0.1, 0.15) is 18.0 Å². The Hall–Kier alpha value is -1.30. The maximum absolute atomic E-state index is 12.6. The van der Waals surface area contributed by atoms with Crippen molar-refractivity contribution < 1.29 is 23.1 Å². The molecule has 0 aliphatic heterocycles. The van der Waals surface area contributed by atoms with Crippen molar-refractivity contribution >= 4 is 17.6 Å². The van der Waals surface area contributed by atoms with Crippen molar-refractivity contribution in [1.82, 2.24) is 4.98 Å². The van der Waals surface area contributed by atoms with Gasteiger partial charge >= 0.3 is 12.1 Å². The van der Waals surface area contributed by atoms with E-state index in [1.807, 2.05) is 0 Å². The fourth-order valence-corrected chi connectivity index (χ4v) is 1.35. The van der Waals surface area contributed by atoms with Crippen molar-refractivity contribution in [3.8, 4) is 0 Å². The number of alkyl halides is 3. The maximum atomic E-state index is 12.6. The zero-order chi connectivity index (χ0) is 12.3. The van der Waals surface area contributed by atoms with Gasteiger partial charge in [0.25, 0.3) is 0 Å². The molecule has 0 saturated heterocycles. The van der Waals surface area contributed by atoms with Gasteiger partial charge in [0, 0.05) is 0 Å². The molecule has 0 radical (unpaired) electrons. The van der Waals surface area contributed by atoms with Crippen molar-refractivity contribution in [3.05, 3.63) is 29.0 Å². The van der Waals surface area contributed by atoms with Gasteiger partial charge < -0.3 is 5.11 Å². The molecule has 0 amide bonds. The highest BCUT2D eigenvalue weighted by atomic mass is 35.5. The Morgan fingerprint density at radius 2 is 2.12 bits per heavy atom. The number of rotatable bonds is 3. The lowest BCUT2D eigenvalue weighted by atomic mass is 10.0. The predicted molar refractivity (Wildman–Crippen MR) is 50.3 cm³/mol. The summed E-state index contributed by atoms with van der Waals surface area (Å²) in [6, 6.07) is 3.72. The molecule has 1 heterocycles. The Morgan fingerprint density at radius 1 is 1.50 bits per heavy atom. The van der Waals surface area contributed by atoms with Crippen LogP contribution < -0.4 is 0 Å². The Balaban J connectivity index is 3.06.